The smallest absolute Gasteiger partial charge is 0.350 e. The van der Waals surface area contributed by atoms with E-state index in [4.69, 9.17) is 0 Å². The molecular weight excluding hydrogens is 403 g/mol. The van der Waals surface area contributed by atoms with Crippen molar-refractivity contribution in [1.82, 2.24) is 21.3 Å². The Morgan fingerprint density at radius 3 is 2.40 bits per heavy atom. The van der Waals surface area contributed by atoms with E-state index < -0.39 is 48.6 Å². The third-order valence-corrected chi connectivity index (χ3v) is 5.32. The maximum Gasteiger partial charge on any atom is 0.401 e. The van der Waals surface area contributed by atoms with E-state index in [0.717, 1.165) is 12.8 Å². The fourth-order valence-electron chi connectivity index (χ4n) is 3.60. The van der Waals surface area contributed by atoms with Crippen molar-refractivity contribution in [1.29, 1.82) is 5.26 Å². The Kier molecular flexibility index (Phi) is 7.01. The van der Waals surface area contributed by atoms with Crippen molar-refractivity contribution in [2.45, 2.75) is 70.3 Å². The predicted molar refractivity (Wildman–Crippen MR) is 101 cm³/mol. The summed E-state index contributed by atoms with van der Waals surface area (Å²) in [4.78, 5) is 36.5. The predicted octanol–water partition coefficient (Wildman–Crippen LogP) is 0.736. The van der Waals surface area contributed by atoms with Gasteiger partial charge in [0.15, 0.2) is 0 Å². The largest absolute Gasteiger partial charge is 0.401 e. The minimum absolute atomic E-state index is 0.126. The topological polar surface area (TPSA) is 123 Å². The van der Waals surface area contributed by atoms with E-state index >= 15 is 0 Å². The number of carbonyl (C=O) groups excluding carboxylic acids is 3. The summed E-state index contributed by atoms with van der Waals surface area (Å²) in [6, 6.07) is -0.135. The van der Waals surface area contributed by atoms with Gasteiger partial charge in [-0.3, -0.25) is 19.7 Å². The number of rotatable bonds is 8. The summed E-state index contributed by atoms with van der Waals surface area (Å²) in [5.74, 6) is -1.89. The van der Waals surface area contributed by atoms with E-state index in [-0.39, 0.29) is 23.8 Å². The molecule has 2 rings (SSSR count). The van der Waals surface area contributed by atoms with Crippen LogP contribution >= 0.6 is 0 Å². The van der Waals surface area contributed by atoms with Gasteiger partial charge in [-0.2, -0.15) is 18.4 Å². The van der Waals surface area contributed by atoms with E-state index in [1.54, 1.807) is 20.8 Å². The Hall–Kier alpha value is -2.35. The number of nitriles is 1. The van der Waals surface area contributed by atoms with Crippen molar-refractivity contribution in [2.24, 2.45) is 11.3 Å². The lowest BCUT2D eigenvalue weighted by molar-refractivity contribution is -0.136. The molecule has 0 bridgehead atoms. The lowest BCUT2D eigenvalue weighted by Gasteiger charge is -2.30. The van der Waals surface area contributed by atoms with Crippen LogP contribution in [0.4, 0.5) is 13.2 Å². The number of alkyl halides is 3. The van der Waals surface area contributed by atoms with Gasteiger partial charge >= 0.3 is 6.18 Å². The van der Waals surface area contributed by atoms with E-state index in [2.05, 4.69) is 21.3 Å². The highest BCUT2D eigenvalue weighted by Gasteiger charge is 2.52. The van der Waals surface area contributed by atoms with Crippen LogP contribution in [0, 0.1) is 22.7 Å². The van der Waals surface area contributed by atoms with Crippen molar-refractivity contribution in [3.05, 3.63) is 0 Å². The third-order valence-electron chi connectivity index (χ3n) is 5.32. The number of halogens is 3. The summed E-state index contributed by atoms with van der Waals surface area (Å²) in [7, 11) is 0. The van der Waals surface area contributed by atoms with Crippen LogP contribution in [0.15, 0.2) is 0 Å². The van der Waals surface area contributed by atoms with Gasteiger partial charge in [-0.15, -0.1) is 0 Å². The first kappa shape index (κ1) is 23.9. The van der Waals surface area contributed by atoms with Crippen LogP contribution in [0.2, 0.25) is 0 Å². The maximum atomic E-state index is 12.5. The summed E-state index contributed by atoms with van der Waals surface area (Å²) in [5.41, 5.74) is -0.958. The number of carbonyl (C=O) groups is 3. The molecule has 30 heavy (non-hydrogen) atoms. The molecule has 11 heteroatoms. The van der Waals surface area contributed by atoms with E-state index in [1.165, 1.54) is 0 Å². The Labute approximate surface area is 173 Å². The average Bonchev–Trinajstić information content (AvgIpc) is 3.27. The zero-order chi connectivity index (χ0) is 22.7. The van der Waals surface area contributed by atoms with Crippen LogP contribution in [0.1, 0.15) is 46.5 Å². The molecule has 1 spiro atoms. The van der Waals surface area contributed by atoms with Gasteiger partial charge < -0.3 is 16.0 Å². The summed E-state index contributed by atoms with van der Waals surface area (Å²) >= 11 is 0. The third kappa shape index (κ3) is 6.86. The molecule has 0 aromatic heterocycles. The van der Waals surface area contributed by atoms with Crippen LogP contribution in [0.3, 0.4) is 0 Å². The maximum absolute atomic E-state index is 12.5. The second kappa shape index (κ2) is 8.79. The lowest BCUT2D eigenvalue weighted by atomic mass is 9.86. The molecule has 0 aromatic rings. The summed E-state index contributed by atoms with van der Waals surface area (Å²) < 4.78 is 37.5. The van der Waals surface area contributed by atoms with Gasteiger partial charge in [-0.1, -0.05) is 20.8 Å². The molecule has 8 nitrogen and oxygen atoms in total. The second-order valence-electron chi connectivity index (χ2n) is 9.17. The van der Waals surface area contributed by atoms with Gasteiger partial charge in [0, 0.05) is 11.5 Å². The molecule has 2 aliphatic rings. The van der Waals surface area contributed by atoms with Crippen molar-refractivity contribution < 1.29 is 27.6 Å². The fraction of sp³-hybridized carbons (Fsp3) is 0.789. The molecule has 1 aliphatic heterocycles. The van der Waals surface area contributed by atoms with Crippen LogP contribution in [0.25, 0.3) is 0 Å². The number of nitrogens with zero attached hydrogens (tertiary/aromatic N) is 1. The number of hydrogen-bond acceptors (Lipinski definition) is 5. The van der Waals surface area contributed by atoms with Crippen LogP contribution in [-0.2, 0) is 14.4 Å². The van der Waals surface area contributed by atoms with Gasteiger partial charge in [0.1, 0.15) is 6.04 Å². The molecular formula is C19H28F3N5O3. The molecule has 1 saturated carbocycles. The minimum atomic E-state index is -4.48. The average molecular weight is 431 g/mol. The Morgan fingerprint density at radius 2 is 1.93 bits per heavy atom. The molecule has 0 aromatic carbocycles. The Morgan fingerprint density at radius 1 is 1.30 bits per heavy atom. The normalized spacial score (nSPS) is 22.0. The monoisotopic (exact) mass is 431 g/mol. The highest BCUT2D eigenvalue weighted by molar-refractivity contribution is 5.88. The van der Waals surface area contributed by atoms with Crippen molar-refractivity contribution in [3.8, 4) is 6.07 Å². The molecule has 1 heterocycles. The van der Waals surface area contributed by atoms with E-state index in [1.807, 2.05) is 6.07 Å². The molecule has 2 fully saturated rings. The minimum Gasteiger partial charge on any atom is -0.350 e. The van der Waals surface area contributed by atoms with Gasteiger partial charge in [0.2, 0.25) is 17.7 Å². The zero-order valence-corrected chi connectivity index (χ0v) is 17.3. The first-order valence-corrected chi connectivity index (χ1v) is 9.83. The number of hydrogen-bond donors (Lipinski definition) is 4. The standard InChI is InChI=1S/C19H28F3N5O3/c1-17(2,3)14(25-10-19(20,21)22)16(30)24-9-13(28)26-12(8-23)6-11-7-18(4-5-18)27-15(11)29/h11-12,14,25H,4-7,9-10H2,1-3H3,(H,24,30)(H,26,28)(H,27,29)/t11-,12+,14-/m1/s1. The summed E-state index contributed by atoms with van der Waals surface area (Å²) in [6.45, 7) is 2.98. The van der Waals surface area contributed by atoms with Gasteiger partial charge in [0.25, 0.3) is 0 Å². The molecule has 1 saturated heterocycles. The molecule has 0 radical (unpaired) electrons. The summed E-state index contributed by atoms with van der Waals surface area (Å²) in [6.07, 6.45) is -1.84. The molecule has 0 unspecified atom stereocenters. The van der Waals surface area contributed by atoms with Gasteiger partial charge in [0.05, 0.1) is 25.2 Å². The van der Waals surface area contributed by atoms with E-state index in [9.17, 15) is 32.8 Å². The van der Waals surface area contributed by atoms with Crippen molar-refractivity contribution in [2.75, 3.05) is 13.1 Å². The lowest BCUT2D eigenvalue weighted by Crippen LogP contribution is -2.55. The van der Waals surface area contributed by atoms with Crippen LogP contribution in [-0.4, -0.2) is 54.6 Å². The van der Waals surface area contributed by atoms with E-state index in [0.29, 0.717) is 6.42 Å². The fourth-order valence-corrected chi connectivity index (χ4v) is 3.60. The number of amides is 3. The van der Waals surface area contributed by atoms with Crippen LogP contribution < -0.4 is 21.3 Å². The number of nitrogens with one attached hydrogen (secondary N) is 4. The van der Waals surface area contributed by atoms with Gasteiger partial charge in [-0.05, 0) is 31.1 Å². The first-order valence-electron chi connectivity index (χ1n) is 9.83. The molecule has 3 amide bonds. The van der Waals surface area contributed by atoms with Crippen LogP contribution in [0.5, 0.6) is 0 Å². The van der Waals surface area contributed by atoms with Crippen molar-refractivity contribution >= 4 is 17.7 Å². The highest BCUT2D eigenvalue weighted by atomic mass is 19.4. The summed E-state index contributed by atoms with van der Waals surface area (Å²) in [5, 5.41) is 19.1. The molecule has 1 aliphatic carbocycles. The zero-order valence-electron chi connectivity index (χ0n) is 17.3. The van der Waals surface area contributed by atoms with Crippen molar-refractivity contribution in [3.63, 3.8) is 0 Å². The molecule has 4 N–H and O–H groups in total. The Balaban J connectivity index is 1.83. The molecule has 168 valence electrons. The SMILES string of the molecule is CC(C)(C)[C@H](NCC(F)(F)F)C(=O)NCC(=O)N[C@H](C#N)C[C@@H]1CC2(CC2)NC1=O. The quantitative estimate of drug-likeness (QED) is 0.451. The first-order chi connectivity index (χ1) is 13.7. The second-order valence-corrected chi connectivity index (χ2v) is 9.17. The van der Waals surface area contributed by atoms with Gasteiger partial charge in [-0.25, -0.2) is 0 Å². The molecule has 3 atom stereocenters. The highest BCUT2D eigenvalue weighted by Crippen LogP contribution is 2.46. The Bertz CT molecular complexity index is 722.